The van der Waals surface area contributed by atoms with Crippen LogP contribution >= 0.6 is 0 Å². The predicted molar refractivity (Wildman–Crippen MR) is 146 cm³/mol. The van der Waals surface area contributed by atoms with Crippen molar-refractivity contribution in [2.45, 2.75) is 58.7 Å². The summed E-state index contributed by atoms with van der Waals surface area (Å²) in [6.07, 6.45) is 0.146. The Morgan fingerprint density at radius 3 is 2.56 bits per heavy atom. The summed E-state index contributed by atoms with van der Waals surface area (Å²) in [5.41, 5.74) is 5.78. The molecule has 0 bridgehead atoms. The van der Waals surface area contributed by atoms with E-state index in [0.29, 0.717) is 28.4 Å². The second-order valence-electron chi connectivity index (χ2n) is 10.6. The Hall–Kier alpha value is -4.01. The average Bonchev–Trinajstić information content (AvgIpc) is 3.42. The molecule has 0 saturated heterocycles. The maximum absolute atomic E-state index is 12.9. The van der Waals surface area contributed by atoms with E-state index in [1.54, 1.807) is 28.9 Å². The fourth-order valence-electron chi connectivity index (χ4n) is 4.49. The van der Waals surface area contributed by atoms with Gasteiger partial charge in [0, 0.05) is 29.3 Å². The Bertz CT molecular complexity index is 1550. The van der Waals surface area contributed by atoms with Crippen LogP contribution in [0.3, 0.4) is 0 Å². The average molecular weight is 537 g/mol. The van der Waals surface area contributed by atoms with Crippen molar-refractivity contribution >= 4 is 17.2 Å². The molecule has 1 amide bonds. The van der Waals surface area contributed by atoms with E-state index >= 15 is 0 Å². The summed E-state index contributed by atoms with van der Waals surface area (Å²) in [4.78, 5) is 17.3. The van der Waals surface area contributed by atoms with E-state index < -0.39 is 12.6 Å². The van der Waals surface area contributed by atoms with Crippen molar-refractivity contribution < 1.29 is 22.7 Å². The number of imidazole rings is 1. The fourth-order valence-corrected chi connectivity index (χ4v) is 4.49. The highest BCUT2D eigenvalue weighted by atomic mass is 19.4. The van der Waals surface area contributed by atoms with Crippen LogP contribution in [0.4, 0.5) is 18.9 Å². The van der Waals surface area contributed by atoms with Gasteiger partial charge in [-0.05, 0) is 75.4 Å². The third-order valence-electron chi connectivity index (χ3n) is 7.27. The summed E-state index contributed by atoms with van der Waals surface area (Å²) in [5.74, 6) is 1.01. The smallest absolute Gasteiger partial charge is 0.390 e. The van der Waals surface area contributed by atoms with E-state index in [1.165, 1.54) is 0 Å². The van der Waals surface area contributed by atoms with Crippen LogP contribution in [-0.4, -0.2) is 33.6 Å². The molecule has 0 atom stereocenters. The Kier molecular flexibility index (Phi) is 6.78. The highest BCUT2D eigenvalue weighted by Gasteiger charge is 2.39. The van der Waals surface area contributed by atoms with Gasteiger partial charge in [-0.15, -0.1) is 0 Å². The van der Waals surface area contributed by atoms with Crippen molar-refractivity contribution in [2.75, 3.05) is 11.9 Å². The minimum Gasteiger partial charge on any atom is -0.455 e. The van der Waals surface area contributed by atoms with Crippen LogP contribution in [-0.2, 0) is 0 Å². The van der Waals surface area contributed by atoms with Crippen molar-refractivity contribution in [3.8, 4) is 22.8 Å². The highest BCUT2D eigenvalue weighted by Crippen LogP contribution is 2.36. The van der Waals surface area contributed by atoms with Crippen molar-refractivity contribution in [3.05, 3.63) is 77.1 Å². The topological polar surface area (TPSA) is 67.7 Å². The summed E-state index contributed by atoms with van der Waals surface area (Å²) in [5, 5.41) is 5.97. The second kappa shape index (κ2) is 9.94. The van der Waals surface area contributed by atoms with Crippen LogP contribution in [0.1, 0.15) is 53.2 Å². The van der Waals surface area contributed by atoms with E-state index in [1.807, 2.05) is 58.0 Å². The first-order valence-corrected chi connectivity index (χ1v) is 12.9. The molecule has 4 aromatic rings. The molecule has 204 valence electrons. The van der Waals surface area contributed by atoms with Crippen LogP contribution in [0, 0.1) is 20.8 Å². The predicted octanol–water partition coefficient (Wildman–Crippen LogP) is 7.37. The van der Waals surface area contributed by atoms with E-state index in [0.717, 1.165) is 40.8 Å². The number of aromatic nitrogens is 2. The number of benzene rings is 2. The molecular formula is C30H31F3N4O2. The first-order valence-electron chi connectivity index (χ1n) is 12.9. The number of halogens is 3. The summed E-state index contributed by atoms with van der Waals surface area (Å²) in [6, 6.07) is 13.0. The summed E-state index contributed by atoms with van der Waals surface area (Å²) >= 11 is 0. The minimum absolute atomic E-state index is 0.0995. The van der Waals surface area contributed by atoms with Gasteiger partial charge in [0.1, 0.15) is 11.5 Å². The van der Waals surface area contributed by atoms with Crippen molar-refractivity contribution in [3.63, 3.8) is 0 Å². The van der Waals surface area contributed by atoms with Crippen LogP contribution in [0.15, 0.2) is 54.9 Å². The molecule has 39 heavy (non-hydrogen) atoms. The number of aryl methyl sites for hydroxylation is 2. The van der Waals surface area contributed by atoms with E-state index in [-0.39, 0.29) is 18.0 Å². The summed E-state index contributed by atoms with van der Waals surface area (Å²) in [7, 11) is 0. The minimum atomic E-state index is -4.28. The number of nitrogens with one attached hydrogen (secondary N) is 2. The Morgan fingerprint density at radius 2 is 1.87 bits per heavy atom. The van der Waals surface area contributed by atoms with Gasteiger partial charge in [-0.3, -0.25) is 9.20 Å². The van der Waals surface area contributed by atoms with Crippen LogP contribution < -0.4 is 15.4 Å². The standard InChI is InChI=1S/C30H31F3N4O2/c1-18-6-5-7-26(20(18)3)39-22-15-24(34-13-12-30(31,32)33)27-35-16-25(37(27)17-22)21-8-9-23(19(2)14-21)28(38)36-29(4)10-11-29/h5-9,14-17,34H,10-13H2,1-4H3,(H,36,38). The van der Waals surface area contributed by atoms with Gasteiger partial charge >= 0.3 is 6.18 Å². The Balaban J connectivity index is 1.52. The summed E-state index contributed by atoms with van der Waals surface area (Å²) < 4.78 is 46.6. The summed E-state index contributed by atoms with van der Waals surface area (Å²) in [6.45, 7) is 7.57. The fraction of sp³-hybridized carbons (Fsp3) is 0.333. The third kappa shape index (κ3) is 5.87. The van der Waals surface area contributed by atoms with E-state index in [4.69, 9.17) is 4.74 Å². The molecule has 2 aromatic heterocycles. The molecule has 1 saturated carbocycles. The molecule has 0 radical (unpaired) electrons. The lowest BCUT2D eigenvalue weighted by atomic mass is 10.0. The van der Waals surface area contributed by atoms with Gasteiger partial charge in [-0.25, -0.2) is 4.98 Å². The van der Waals surface area contributed by atoms with Gasteiger partial charge in [0.05, 0.1) is 30.2 Å². The molecule has 6 nitrogen and oxygen atoms in total. The molecule has 2 aromatic carbocycles. The number of carbonyl (C=O) groups is 1. The lowest BCUT2D eigenvalue weighted by Crippen LogP contribution is -2.34. The number of fused-ring (bicyclic) bond motifs is 1. The number of rotatable bonds is 8. The molecule has 0 unspecified atom stereocenters. The monoisotopic (exact) mass is 536 g/mol. The molecule has 5 rings (SSSR count). The molecule has 1 fully saturated rings. The second-order valence-corrected chi connectivity index (χ2v) is 10.6. The van der Waals surface area contributed by atoms with E-state index in [9.17, 15) is 18.0 Å². The van der Waals surface area contributed by atoms with Gasteiger partial charge in [-0.2, -0.15) is 13.2 Å². The number of hydrogen-bond acceptors (Lipinski definition) is 4. The molecule has 1 aliphatic carbocycles. The van der Waals surface area contributed by atoms with Crippen molar-refractivity contribution in [1.82, 2.24) is 14.7 Å². The molecule has 0 spiro atoms. The molecule has 9 heteroatoms. The highest BCUT2D eigenvalue weighted by molar-refractivity contribution is 5.97. The third-order valence-corrected chi connectivity index (χ3v) is 7.27. The van der Waals surface area contributed by atoms with Crippen LogP contribution in [0.5, 0.6) is 11.5 Å². The van der Waals surface area contributed by atoms with Crippen molar-refractivity contribution in [2.24, 2.45) is 0 Å². The number of alkyl halides is 3. The number of pyridine rings is 1. The number of ether oxygens (including phenoxy) is 1. The zero-order valence-electron chi connectivity index (χ0n) is 22.4. The maximum atomic E-state index is 12.9. The zero-order valence-corrected chi connectivity index (χ0v) is 22.4. The van der Waals surface area contributed by atoms with Gasteiger partial charge < -0.3 is 15.4 Å². The molecule has 1 aliphatic rings. The number of hydrogen-bond donors (Lipinski definition) is 2. The first kappa shape index (κ1) is 26.6. The maximum Gasteiger partial charge on any atom is 0.390 e. The SMILES string of the molecule is Cc1cc(-c2cnc3c(NCCC(F)(F)F)cc(Oc4cccc(C)c4C)cn23)ccc1C(=O)NC1(C)CC1. The van der Waals surface area contributed by atoms with Crippen LogP contribution in [0.25, 0.3) is 16.9 Å². The van der Waals surface area contributed by atoms with Gasteiger partial charge in [0.25, 0.3) is 5.91 Å². The normalized spacial score (nSPS) is 14.3. The van der Waals surface area contributed by atoms with Gasteiger partial charge in [-0.1, -0.05) is 18.2 Å². The van der Waals surface area contributed by atoms with Crippen molar-refractivity contribution in [1.29, 1.82) is 0 Å². The number of carbonyl (C=O) groups excluding carboxylic acids is 1. The van der Waals surface area contributed by atoms with Crippen LogP contribution in [0.2, 0.25) is 0 Å². The molecule has 0 aliphatic heterocycles. The Morgan fingerprint density at radius 1 is 1.10 bits per heavy atom. The number of anilines is 1. The molecule has 2 N–H and O–H groups in total. The van der Waals surface area contributed by atoms with Gasteiger partial charge in [0.2, 0.25) is 0 Å². The van der Waals surface area contributed by atoms with E-state index in [2.05, 4.69) is 15.6 Å². The molecule has 2 heterocycles. The quantitative estimate of drug-likeness (QED) is 0.247. The Labute approximate surface area is 225 Å². The number of nitrogens with zero attached hydrogens (tertiary/aromatic N) is 2. The first-order chi connectivity index (χ1) is 18.4. The largest absolute Gasteiger partial charge is 0.455 e. The lowest BCUT2D eigenvalue weighted by molar-refractivity contribution is -0.131. The number of amides is 1. The lowest BCUT2D eigenvalue weighted by Gasteiger charge is -2.16. The van der Waals surface area contributed by atoms with Gasteiger partial charge in [0.15, 0.2) is 5.65 Å². The zero-order chi connectivity index (χ0) is 27.9. The molecular weight excluding hydrogens is 505 g/mol.